The summed E-state index contributed by atoms with van der Waals surface area (Å²) in [4.78, 5) is 13.2. The molecule has 114 valence electrons. The summed E-state index contributed by atoms with van der Waals surface area (Å²) in [5.74, 6) is 0.315. The number of hydrogen-bond acceptors (Lipinski definition) is 3. The zero-order chi connectivity index (χ0) is 15.5. The molecule has 1 aromatic carbocycles. The van der Waals surface area contributed by atoms with Gasteiger partial charge in [0, 0.05) is 11.6 Å². The van der Waals surface area contributed by atoms with Crippen molar-refractivity contribution < 1.29 is 9.53 Å². The fraction of sp³-hybridized carbons (Fsp3) is 0.611. The molecular weight excluding hydrogens is 262 g/mol. The second-order valence-corrected chi connectivity index (χ2v) is 7.79. The molecule has 0 radical (unpaired) electrons. The standard InChI is InChI=1S/C18H25NO2/c1-16(2)11-14(17(3,4)21-16)15(20)18(9-10-18)12-5-7-13(19)8-6-12/h5-8,14H,9-11,19H2,1-4H3. The Morgan fingerprint density at radius 3 is 2.14 bits per heavy atom. The maximum atomic E-state index is 13.2. The van der Waals surface area contributed by atoms with E-state index in [0.29, 0.717) is 5.78 Å². The first-order chi connectivity index (χ1) is 9.66. The van der Waals surface area contributed by atoms with E-state index in [1.165, 1.54) is 0 Å². The third kappa shape index (κ3) is 2.38. The number of benzene rings is 1. The molecule has 1 aliphatic heterocycles. The molecule has 1 aromatic rings. The van der Waals surface area contributed by atoms with Crippen LogP contribution in [0.2, 0.25) is 0 Å². The lowest BCUT2D eigenvalue weighted by Gasteiger charge is -2.29. The first-order valence-electron chi connectivity index (χ1n) is 7.77. The summed E-state index contributed by atoms with van der Waals surface area (Å²) < 4.78 is 6.11. The van der Waals surface area contributed by atoms with Crippen LogP contribution < -0.4 is 5.73 Å². The zero-order valence-electron chi connectivity index (χ0n) is 13.4. The lowest BCUT2D eigenvalue weighted by molar-refractivity contribution is -0.131. The minimum Gasteiger partial charge on any atom is -0.399 e. The molecule has 1 saturated heterocycles. The number of hydrogen-bond donors (Lipinski definition) is 1. The number of rotatable bonds is 3. The van der Waals surface area contributed by atoms with Gasteiger partial charge < -0.3 is 10.5 Å². The van der Waals surface area contributed by atoms with Crippen molar-refractivity contribution in [1.29, 1.82) is 0 Å². The summed E-state index contributed by atoms with van der Waals surface area (Å²) in [5, 5.41) is 0. The molecule has 2 aliphatic rings. The molecule has 2 fully saturated rings. The second-order valence-electron chi connectivity index (χ2n) is 7.79. The molecule has 21 heavy (non-hydrogen) atoms. The Labute approximate surface area is 126 Å². The molecule has 1 atom stereocenters. The van der Waals surface area contributed by atoms with Gasteiger partial charge in [-0.1, -0.05) is 12.1 Å². The number of Topliss-reactive ketones (excluding diaryl/α,β-unsaturated/α-hetero) is 1. The minimum atomic E-state index is -0.385. The van der Waals surface area contributed by atoms with Crippen LogP contribution in [0.3, 0.4) is 0 Å². The average molecular weight is 287 g/mol. The van der Waals surface area contributed by atoms with Gasteiger partial charge in [-0.15, -0.1) is 0 Å². The molecule has 0 bridgehead atoms. The number of nitrogens with two attached hydrogens (primary N) is 1. The van der Waals surface area contributed by atoms with Gasteiger partial charge in [-0.2, -0.15) is 0 Å². The summed E-state index contributed by atoms with van der Waals surface area (Å²) >= 11 is 0. The van der Waals surface area contributed by atoms with Gasteiger partial charge >= 0.3 is 0 Å². The van der Waals surface area contributed by atoms with Crippen LogP contribution >= 0.6 is 0 Å². The number of anilines is 1. The second kappa shape index (κ2) is 4.33. The molecule has 0 aromatic heterocycles. The van der Waals surface area contributed by atoms with Crippen LogP contribution in [-0.4, -0.2) is 17.0 Å². The maximum absolute atomic E-state index is 13.2. The highest BCUT2D eigenvalue weighted by Gasteiger charge is 2.59. The van der Waals surface area contributed by atoms with Crippen molar-refractivity contribution in [3.05, 3.63) is 29.8 Å². The van der Waals surface area contributed by atoms with E-state index in [1.807, 2.05) is 38.1 Å². The molecule has 3 heteroatoms. The molecule has 0 amide bonds. The fourth-order valence-electron chi connectivity index (χ4n) is 3.91. The Morgan fingerprint density at radius 1 is 1.14 bits per heavy atom. The van der Waals surface area contributed by atoms with E-state index < -0.39 is 0 Å². The summed E-state index contributed by atoms with van der Waals surface area (Å²) in [6, 6.07) is 7.80. The van der Waals surface area contributed by atoms with Crippen molar-refractivity contribution in [1.82, 2.24) is 0 Å². The number of ether oxygens (including phenoxy) is 1. The normalized spacial score (nSPS) is 28.3. The third-order valence-corrected chi connectivity index (χ3v) is 5.08. The van der Waals surface area contributed by atoms with Gasteiger partial charge in [-0.3, -0.25) is 4.79 Å². The molecule has 3 nitrogen and oxygen atoms in total. The highest BCUT2D eigenvalue weighted by Crippen LogP contribution is 2.55. The summed E-state index contributed by atoms with van der Waals surface area (Å²) in [7, 11) is 0. The average Bonchev–Trinajstić information content (AvgIpc) is 3.12. The predicted octanol–water partition coefficient (Wildman–Crippen LogP) is 3.46. The van der Waals surface area contributed by atoms with E-state index in [0.717, 1.165) is 30.5 Å². The highest BCUT2D eigenvalue weighted by atomic mass is 16.5. The molecular formula is C18H25NO2. The molecule has 1 aliphatic carbocycles. The maximum Gasteiger partial charge on any atom is 0.149 e. The van der Waals surface area contributed by atoms with Gasteiger partial charge in [0.2, 0.25) is 0 Å². The van der Waals surface area contributed by atoms with Gasteiger partial charge in [-0.25, -0.2) is 0 Å². The Bertz CT molecular complexity index is 567. The van der Waals surface area contributed by atoms with Gasteiger partial charge in [-0.05, 0) is 64.7 Å². The van der Waals surface area contributed by atoms with E-state index >= 15 is 0 Å². The molecule has 1 unspecified atom stereocenters. The quantitative estimate of drug-likeness (QED) is 0.866. The van der Waals surface area contributed by atoms with E-state index in [2.05, 4.69) is 13.8 Å². The van der Waals surface area contributed by atoms with Crippen molar-refractivity contribution in [2.75, 3.05) is 5.73 Å². The lowest BCUT2D eigenvalue weighted by Crippen LogP contribution is -2.39. The van der Waals surface area contributed by atoms with E-state index in [-0.39, 0.29) is 22.5 Å². The third-order valence-electron chi connectivity index (χ3n) is 5.08. The van der Waals surface area contributed by atoms with Crippen molar-refractivity contribution in [3.63, 3.8) is 0 Å². The first kappa shape index (κ1) is 14.6. The topological polar surface area (TPSA) is 52.3 Å². The molecule has 2 N–H and O–H groups in total. The lowest BCUT2D eigenvalue weighted by atomic mass is 9.76. The van der Waals surface area contributed by atoms with Crippen molar-refractivity contribution in [2.24, 2.45) is 5.92 Å². The number of carbonyl (C=O) groups is 1. The minimum absolute atomic E-state index is 0.0347. The van der Waals surface area contributed by atoms with Crippen LogP contribution in [0.25, 0.3) is 0 Å². The van der Waals surface area contributed by atoms with E-state index in [9.17, 15) is 4.79 Å². The number of ketones is 1. The molecule has 1 saturated carbocycles. The van der Waals surface area contributed by atoms with Crippen molar-refractivity contribution >= 4 is 11.5 Å². The Kier molecular flexibility index (Phi) is 3.00. The summed E-state index contributed by atoms with van der Waals surface area (Å²) in [6.45, 7) is 8.24. The van der Waals surface area contributed by atoms with Crippen LogP contribution in [-0.2, 0) is 14.9 Å². The van der Waals surface area contributed by atoms with Crippen LogP contribution in [0.5, 0.6) is 0 Å². The van der Waals surface area contributed by atoms with Crippen molar-refractivity contribution in [3.8, 4) is 0 Å². The van der Waals surface area contributed by atoms with Gasteiger partial charge in [0.15, 0.2) is 0 Å². The largest absolute Gasteiger partial charge is 0.399 e. The Balaban J connectivity index is 1.90. The zero-order valence-corrected chi connectivity index (χ0v) is 13.4. The van der Waals surface area contributed by atoms with Crippen LogP contribution in [0, 0.1) is 5.92 Å². The van der Waals surface area contributed by atoms with E-state index in [4.69, 9.17) is 10.5 Å². The monoisotopic (exact) mass is 287 g/mol. The molecule has 3 rings (SSSR count). The van der Waals surface area contributed by atoms with Crippen LogP contribution in [0.4, 0.5) is 5.69 Å². The van der Waals surface area contributed by atoms with Gasteiger partial charge in [0.25, 0.3) is 0 Å². The number of carbonyl (C=O) groups excluding carboxylic acids is 1. The molecule has 1 heterocycles. The predicted molar refractivity (Wildman–Crippen MR) is 84.1 cm³/mol. The summed E-state index contributed by atoms with van der Waals surface area (Å²) in [6.07, 6.45) is 2.70. The van der Waals surface area contributed by atoms with Crippen molar-refractivity contribution in [2.45, 2.75) is 63.6 Å². The van der Waals surface area contributed by atoms with Crippen LogP contribution in [0.1, 0.15) is 52.5 Å². The first-order valence-corrected chi connectivity index (χ1v) is 7.77. The van der Waals surface area contributed by atoms with Gasteiger partial charge in [0.1, 0.15) is 5.78 Å². The highest BCUT2D eigenvalue weighted by molar-refractivity contribution is 5.96. The SMILES string of the molecule is CC1(C)CC(C(=O)C2(c3ccc(N)cc3)CC2)C(C)(C)O1. The summed E-state index contributed by atoms with van der Waals surface area (Å²) in [5.41, 5.74) is 6.72. The number of nitrogen functional groups attached to an aromatic ring is 1. The Morgan fingerprint density at radius 2 is 1.71 bits per heavy atom. The van der Waals surface area contributed by atoms with E-state index in [1.54, 1.807) is 0 Å². The fourth-order valence-corrected chi connectivity index (χ4v) is 3.91. The smallest absolute Gasteiger partial charge is 0.149 e. The van der Waals surface area contributed by atoms with Gasteiger partial charge in [0.05, 0.1) is 16.6 Å². The van der Waals surface area contributed by atoms with Crippen LogP contribution in [0.15, 0.2) is 24.3 Å². The molecule has 0 spiro atoms. The Hall–Kier alpha value is -1.35.